The number of piperidine rings is 1. The molecule has 6 nitrogen and oxygen atoms in total. The normalized spacial score (nSPS) is 19.9. The number of morpholine rings is 1. The summed E-state index contributed by atoms with van der Waals surface area (Å²) in [6, 6.07) is 18.3. The molecule has 180 valence electrons. The van der Waals surface area contributed by atoms with Crippen molar-refractivity contribution in [2.45, 2.75) is 39.0 Å². The number of hydrogen-bond donors (Lipinski definition) is 1. The van der Waals surface area contributed by atoms with Crippen LogP contribution in [0, 0.1) is 5.92 Å². The Morgan fingerprint density at radius 3 is 2.56 bits per heavy atom. The van der Waals surface area contributed by atoms with Crippen molar-refractivity contribution in [2.24, 2.45) is 5.92 Å². The Kier molecular flexibility index (Phi) is 8.50. The molecule has 2 aromatic rings. The SMILES string of the molecule is CC1CN(Cc2cccc(CNC(=O)C3CCN(C(=O)/C=C/c4ccccc4)CC3)c2)CCO1. The van der Waals surface area contributed by atoms with Crippen molar-refractivity contribution in [3.05, 3.63) is 77.4 Å². The number of nitrogens with zero attached hydrogens (tertiary/aromatic N) is 2. The number of carbonyl (C=O) groups excluding carboxylic acids is 2. The van der Waals surface area contributed by atoms with Gasteiger partial charge in [0.2, 0.25) is 11.8 Å². The summed E-state index contributed by atoms with van der Waals surface area (Å²) >= 11 is 0. The first kappa shape index (κ1) is 24.2. The van der Waals surface area contributed by atoms with Crippen molar-refractivity contribution in [3.63, 3.8) is 0 Å². The van der Waals surface area contributed by atoms with Gasteiger partial charge in [0.25, 0.3) is 0 Å². The Labute approximate surface area is 202 Å². The molecule has 2 fully saturated rings. The summed E-state index contributed by atoms with van der Waals surface area (Å²) < 4.78 is 5.63. The van der Waals surface area contributed by atoms with E-state index in [4.69, 9.17) is 4.74 Å². The number of carbonyl (C=O) groups is 2. The number of benzene rings is 2. The van der Waals surface area contributed by atoms with Gasteiger partial charge in [-0.15, -0.1) is 0 Å². The second kappa shape index (κ2) is 12.0. The number of likely N-dealkylation sites (tertiary alicyclic amines) is 1. The number of rotatable bonds is 7. The minimum Gasteiger partial charge on any atom is -0.376 e. The van der Waals surface area contributed by atoms with Gasteiger partial charge in [0, 0.05) is 51.3 Å². The van der Waals surface area contributed by atoms with Gasteiger partial charge in [-0.05, 0) is 42.5 Å². The van der Waals surface area contributed by atoms with Gasteiger partial charge < -0.3 is 15.0 Å². The first-order chi connectivity index (χ1) is 16.6. The smallest absolute Gasteiger partial charge is 0.246 e. The van der Waals surface area contributed by atoms with E-state index < -0.39 is 0 Å². The second-order valence-corrected chi connectivity index (χ2v) is 9.30. The van der Waals surface area contributed by atoms with E-state index in [0.29, 0.717) is 32.5 Å². The Balaban J connectivity index is 1.21. The summed E-state index contributed by atoms with van der Waals surface area (Å²) in [5.74, 6) is 0.0497. The molecule has 34 heavy (non-hydrogen) atoms. The summed E-state index contributed by atoms with van der Waals surface area (Å²) in [6.45, 7) is 7.46. The van der Waals surface area contributed by atoms with Crippen LogP contribution in [0.25, 0.3) is 6.08 Å². The van der Waals surface area contributed by atoms with Crippen LogP contribution in [0.3, 0.4) is 0 Å². The third kappa shape index (κ3) is 7.02. The lowest BCUT2D eigenvalue weighted by Crippen LogP contribution is -2.42. The van der Waals surface area contributed by atoms with Crippen molar-refractivity contribution in [1.29, 1.82) is 0 Å². The van der Waals surface area contributed by atoms with Gasteiger partial charge in [-0.1, -0.05) is 54.6 Å². The monoisotopic (exact) mass is 461 g/mol. The maximum atomic E-state index is 12.7. The number of nitrogens with one attached hydrogen (secondary N) is 1. The molecule has 2 aromatic carbocycles. The Hall–Kier alpha value is -2.96. The van der Waals surface area contributed by atoms with Gasteiger partial charge in [-0.25, -0.2) is 0 Å². The molecule has 1 unspecified atom stereocenters. The van der Waals surface area contributed by atoms with Crippen LogP contribution in [0.2, 0.25) is 0 Å². The minimum atomic E-state index is -0.0415. The predicted molar refractivity (Wildman–Crippen MR) is 134 cm³/mol. The van der Waals surface area contributed by atoms with E-state index in [-0.39, 0.29) is 23.8 Å². The Morgan fingerprint density at radius 1 is 1.03 bits per heavy atom. The van der Waals surface area contributed by atoms with Crippen molar-refractivity contribution in [1.82, 2.24) is 15.1 Å². The van der Waals surface area contributed by atoms with E-state index in [9.17, 15) is 9.59 Å². The maximum absolute atomic E-state index is 12.7. The molecule has 6 heteroatoms. The van der Waals surface area contributed by atoms with E-state index in [1.165, 1.54) is 5.56 Å². The number of hydrogen-bond acceptors (Lipinski definition) is 4. The highest BCUT2D eigenvalue weighted by molar-refractivity contribution is 5.92. The highest BCUT2D eigenvalue weighted by Crippen LogP contribution is 2.19. The van der Waals surface area contributed by atoms with E-state index in [2.05, 4.69) is 41.4 Å². The lowest BCUT2D eigenvalue weighted by atomic mass is 9.95. The predicted octanol–water partition coefficient (Wildman–Crippen LogP) is 3.48. The van der Waals surface area contributed by atoms with Crippen LogP contribution in [-0.4, -0.2) is 60.5 Å². The average molecular weight is 462 g/mol. The van der Waals surface area contributed by atoms with Gasteiger partial charge in [0.05, 0.1) is 12.7 Å². The number of amides is 2. The molecule has 0 aliphatic carbocycles. The van der Waals surface area contributed by atoms with Gasteiger partial charge in [0.1, 0.15) is 0 Å². The van der Waals surface area contributed by atoms with E-state index in [1.54, 1.807) is 6.08 Å². The van der Waals surface area contributed by atoms with Crippen molar-refractivity contribution in [3.8, 4) is 0 Å². The highest BCUT2D eigenvalue weighted by Gasteiger charge is 2.26. The zero-order valence-electron chi connectivity index (χ0n) is 20.0. The third-order valence-corrected chi connectivity index (χ3v) is 6.58. The molecule has 0 saturated carbocycles. The summed E-state index contributed by atoms with van der Waals surface area (Å²) in [4.78, 5) is 29.5. The minimum absolute atomic E-state index is 0.00851. The van der Waals surface area contributed by atoms with Gasteiger partial charge in [-0.2, -0.15) is 0 Å². The van der Waals surface area contributed by atoms with Crippen LogP contribution in [0.4, 0.5) is 0 Å². The summed E-state index contributed by atoms with van der Waals surface area (Å²) in [7, 11) is 0. The van der Waals surface area contributed by atoms with Crippen LogP contribution in [-0.2, 0) is 27.4 Å². The van der Waals surface area contributed by atoms with E-state index >= 15 is 0 Å². The first-order valence-electron chi connectivity index (χ1n) is 12.3. The number of ether oxygens (including phenoxy) is 1. The fourth-order valence-electron chi connectivity index (χ4n) is 4.66. The lowest BCUT2D eigenvalue weighted by molar-refractivity contribution is -0.132. The van der Waals surface area contributed by atoms with Crippen molar-refractivity contribution in [2.75, 3.05) is 32.8 Å². The average Bonchev–Trinajstić information content (AvgIpc) is 2.87. The third-order valence-electron chi connectivity index (χ3n) is 6.58. The Morgan fingerprint density at radius 2 is 1.79 bits per heavy atom. The van der Waals surface area contributed by atoms with E-state index in [0.717, 1.165) is 37.4 Å². The first-order valence-corrected chi connectivity index (χ1v) is 12.3. The molecule has 2 aliphatic rings. The molecule has 0 radical (unpaired) electrons. The van der Waals surface area contributed by atoms with Crippen LogP contribution in [0.1, 0.15) is 36.5 Å². The molecular formula is C28H35N3O3. The van der Waals surface area contributed by atoms with Crippen LogP contribution in [0.5, 0.6) is 0 Å². The summed E-state index contributed by atoms with van der Waals surface area (Å²) in [5.41, 5.74) is 3.38. The molecule has 1 N–H and O–H groups in total. The Bertz CT molecular complexity index is 983. The maximum Gasteiger partial charge on any atom is 0.246 e. The molecule has 0 bridgehead atoms. The van der Waals surface area contributed by atoms with Gasteiger partial charge >= 0.3 is 0 Å². The fourth-order valence-corrected chi connectivity index (χ4v) is 4.66. The van der Waals surface area contributed by atoms with Gasteiger partial charge in [0.15, 0.2) is 0 Å². The standard InChI is InChI=1S/C28H35N3O3/c1-22-20-30(16-17-34-22)21-25-9-5-8-24(18-25)19-29-28(33)26-12-14-31(15-13-26)27(32)11-10-23-6-3-2-4-7-23/h2-11,18,22,26H,12-17,19-21H2,1H3,(H,29,33)/b11-10+. The van der Waals surface area contributed by atoms with Crippen LogP contribution in [0.15, 0.2) is 60.7 Å². The molecular weight excluding hydrogens is 426 g/mol. The molecule has 4 rings (SSSR count). The quantitative estimate of drug-likeness (QED) is 0.642. The molecule has 2 aliphatic heterocycles. The molecule has 2 amide bonds. The topological polar surface area (TPSA) is 61.9 Å². The lowest BCUT2D eigenvalue weighted by Gasteiger charge is -2.31. The van der Waals surface area contributed by atoms with Crippen LogP contribution >= 0.6 is 0 Å². The van der Waals surface area contributed by atoms with Crippen molar-refractivity contribution < 1.29 is 14.3 Å². The van der Waals surface area contributed by atoms with E-state index in [1.807, 2.05) is 41.3 Å². The molecule has 0 spiro atoms. The molecule has 2 saturated heterocycles. The largest absolute Gasteiger partial charge is 0.376 e. The molecule has 2 heterocycles. The highest BCUT2D eigenvalue weighted by atomic mass is 16.5. The molecule has 1 atom stereocenters. The second-order valence-electron chi connectivity index (χ2n) is 9.30. The molecule has 0 aromatic heterocycles. The van der Waals surface area contributed by atoms with Crippen LogP contribution < -0.4 is 5.32 Å². The van der Waals surface area contributed by atoms with Crippen molar-refractivity contribution >= 4 is 17.9 Å². The van der Waals surface area contributed by atoms with Gasteiger partial charge in [-0.3, -0.25) is 14.5 Å². The fraction of sp³-hybridized carbons (Fsp3) is 0.429. The summed E-state index contributed by atoms with van der Waals surface area (Å²) in [6.07, 6.45) is 5.14. The zero-order chi connectivity index (χ0) is 23.8. The zero-order valence-corrected chi connectivity index (χ0v) is 20.0. The summed E-state index contributed by atoms with van der Waals surface area (Å²) in [5, 5.41) is 3.11.